The van der Waals surface area contributed by atoms with Crippen molar-refractivity contribution in [2.24, 2.45) is 0 Å². The summed E-state index contributed by atoms with van der Waals surface area (Å²) in [5.41, 5.74) is 0. The lowest BCUT2D eigenvalue weighted by Crippen LogP contribution is -2.59. The summed E-state index contributed by atoms with van der Waals surface area (Å²) in [7, 11) is 0.500. The van der Waals surface area contributed by atoms with Gasteiger partial charge in [0, 0.05) is 6.92 Å². The Hall–Kier alpha value is -0.850. The summed E-state index contributed by atoms with van der Waals surface area (Å²) >= 11 is 0. The quantitative estimate of drug-likeness (QED) is 0.401. The zero-order chi connectivity index (χ0) is 19.3. The van der Waals surface area contributed by atoms with E-state index in [-0.39, 0.29) is 43.3 Å². The molecule has 0 aromatic rings. The minimum Gasteiger partial charge on any atom is -0.293 e. The standard InChI is InChI=1S/C7H5F9O2.C2H5F.CH3F.4CH4/c1-3(9)4(10,2-8)18-5(17-3,6(11,12)13)7(14,15)16;1-2-3;1-2;;;;/h2H2,1H3;2H2,1H3;1H3;4*1H4. The smallest absolute Gasteiger partial charge is 0.293 e. The molecule has 0 aromatic carbocycles. The van der Waals surface area contributed by atoms with Gasteiger partial charge in [0.1, 0.15) is 0 Å². The Morgan fingerprint density at radius 1 is 0.741 bits per heavy atom. The van der Waals surface area contributed by atoms with Gasteiger partial charge in [-0.1, -0.05) is 29.7 Å². The molecule has 174 valence electrons. The second-order valence-electron chi connectivity index (χ2n) is 3.86. The lowest BCUT2D eigenvalue weighted by atomic mass is 10.2. The summed E-state index contributed by atoms with van der Waals surface area (Å²) < 4.78 is 138. The van der Waals surface area contributed by atoms with Crippen LogP contribution in [-0.4, -0.2) is 50.4 Å². The normalized spacial score (nSPS) is 25.6. The van der Waals surface area contributed by atoms with Crippen molar-refractivity contribution in [2.45, 2.75) is 73.4 Å². The first-order valence-corrected chi connectivity index (χ1v) is 5.55. The fourth-order valence-corrected chi connectivity index (χ4v) is 1.22. The van der Waals surface area contributed by atoms with Crippen molar-refractivity contribution in [2.75, 3.05) is 20.5 Å². The molecule has 2 unspecified atom stereocenters. The Morgan fingerprint density at radius 2 is 1.00 bits per heavy atom. The van der Waals surface area contributed by atoms with E-state index in [1.54, 1.807) is 0 Å². The van der Waals surface area contributed by atoms with Crippen LogP contribution in [0.4, 0.5) is 48.3 Å². The molecule has 1 aliphatic rings. The summed E-state index contributed by atoms with van der Waals surface area (Å²) in [5.74, 6) is -14.3. The average molecular weight is 438 g/mol. The van der Waals surface area contributed by atoms with Crippen LogP contribution in [0.2, 0.25) is 0 Å². The van der Waals surface area contributed by atoms with Gasteiger partial charge in [0.25, 0.3) is 11.7 Å². The Labute approximate surface area is 153 Å². The monoisotopic (exact) mass is 438 g/mol. The molecule has 0 radical (unpaired) electrons. The van der Waals surface area contributed by atoms with Gasteiger partial charge in [-0.3, -0.25) is 18.3 Å². The molecule has 1 saturated heterocycles. The van der Waals surface area contributed by atoms with E-state index in [1.807, 2.05) is 0 Å². The van der Waals surface area contributed by atoms with E-state index in [9.17, 15) is 48.3 Å². The summed E-state index contributed by atoms with van der Waals surface area (Å²) in [6, 6.07) is 0. The third-order valence-corrected chi connectivity index (χ3v) is 2.23. The van der Waals surface area contributed by atoms with Crippen molar-refractivity contribution in [1.82, 2.24) is 0 Å². The maximum absolute atomic E-state index is 13.3. The summed E-state index contributed by atoms with van der Waals surface area (Å²) in [6.45, 7) is -1.51. The van der Waals surface area contributed by atoms with Gasteiger partial charge in [0.15, 0.2) is 6.67 Å². The molecule has 1 aliphatic heterocycles. The number of rotatable bonds is 1. The van der Waals surface area contributed by atoms with E-state index in [0.29, 0.717) is 7.18 Å². The molecular weight excluding hydrogens is 409 g/mol. The van der Waals surface area contributed by atoms with Crippen molar-refractivity contribution >= 4 is 0 Å². The highest BCUT2D eigenvalue weighted by Crippen LogP contribution is 2.58. The molecule has 2 nitrogen and oxygen atoms in total. The Morgan fingerprint density at radius 3 is 1.11 bits per heavy atom. The highest BCUT2D eigenvalue weighted by Gasteiger charge is 2.85. The first-order valence-electron chi connectivity index (χ1n) is 5.55. The van der Waals surface area contributed by atoms with Gasteiger partial charge in [-0.25, -0.2) is 13.2 Å². The number of ether oxygens (including phenoxy) is 2. The third kappa shape index (κ3) is 7.96. The molecule has 0 aromatic heterocycles. The van der Waals surface area contributed by atoms with Crippen LogP contribution in [0, 0.1) is 0 Å². The van der Waals surface area contributed by atoms with Crippen LogP contribution in [0.1, 0.15) is 43.6 Å². The molecule has 0 bridgehead atoms. The largest absolute Gasteiger partial charge is 0.453 e. The molecule has 0 saturated carbocycles. The lowest BCUT2D eigenvalue weighted by molar-refractivity contribution is -0.458. The van der Waals surface area contributed by atoms with E-state index in [2.05, 4.69) is 9.47 Å². The molecule has 1 rings (SSSR count). The number of hydrogen-bond donors (Lipinski definition) is 0. The molecule has 0 amide bonds. The Bertz CT molecular complexity index is 342. The van der Waals surface area contributed by atoms with Crippen LogP contribution in [0.15, 0.2) is 0 Å². The van der Waals surface area contributed by atoms with Gasteiger partial charge in [0.05, 0.1) is 13.9 Å². The third-order valence-electron chi connectivity index (χ3n) is 2.23. The van der Waals surface area contributed by atoms with Gasteiger partial charge >= 0.3 is 18.1 Å². The highest BCUT2D eigenvalue weighted by molar-refractivity contribution is 5.01. The van der Waals surface area contributed by atoms with Crippen LogP contribution < -0.4 is 0 Å². The molecule has 13 heteroatoms. The minimum absolute atomic E-state index is 0. The predicted octanol–water partition coefficient (Wildman–Crippen LogP) is 7.28. The van der Waals surface area contributed by atoms with Crippen molar-refractivity contribution in [3.63, 3.8) is 0 Å². The van der Waals surface area contributed by atoms with Gasteiger partial charge in [-0.15, -0.1) is 0 Å². The van der Waals surface area contributed by atoms with Gasteiger partial charge in [-0.2, -0.15) is 26.3 Å². The number of alkyl halides is 11. The zero-order valence-corrected chi connectivity index (χ0v) is 11.9. The van der Waals surface area contributed by atoms with E-state index < -0.39 is 36.5 Å². The SMILES string of the molecule is C.C.C.C.CC1(F)OC(C(F)(F)F)(C(F)(F)F)OC1(F)CF.CCF.CF. The fraction of sp³-hybridized carbons (Fsp3) is 1.00. The molecule has 0 spiro atoms. The lowest BCUT2D eigenvalue weighted by Gasteiger charge is -2.31. The van der Waals surface area contributed by atoms with Crippen molar-refractivity contribution in [1.29, 1.82) is 0 Å². The Kier molecular flexibility index (Phi) is 20.1. The van der Waals surface area contributed by atoms with E-state index in [0.717, 1.165) is 0 Å². The Balaban J connectivity index is -0.000000111. The second kappa shape index (κ2) is 13.3. The molecule has 0 N–H and O–H groups in total. The maximum Gasteiger partial charge on any atom is 0.453 e. The van der Waals surface area contributed by atoms with E-state index in [1.165, 1.54) is 6.92 Å². The van der Waals surface area contributed by atoms with E-state index >= 15 is 0 Å². The van der Waals surface area contributed by atoms with Crippen LogP contribution >= 0.6 is 0 Å². The molecule has 2 atom stereocenters. The van der Waals surface area contributed by atoms with Gasteiger partial charge in [-0.05, 0) is 6.92 Å². The minimum atomic E-state index is -6.35. The van der Waals surface area contributed by atoms with Crippen molar-refractivity contribution in [3.05, 3.63) is 0 Å². The first-order chi connectivity index (χ1) is 10.1. The van der Waals surface area contributed by atoms with Crippen LogP contribution in [0.5, 0.6) is 0 Å². The van der Waals surface area contributed by atoms with Crippen molar-refractivity contribution in [3.8, 4) is 0 Å². The number of hydrogen-bond acceptors (Lipinski definition) is 2. The van der Waals surface area contributed by atoms with Gasteiger partial charge < -0.3 is 0 Å². The molecule has 27 heavy (non-hydrogen) atoms. The predicted molar refractivity (Wildman–Crippen MR) is 81.9 cm³/mol. The van der Waals surface area contributed by atoms with Crippen LogP contribution in [0.25, 0.3) is 0 Å². The zero-order valence-electron chi connectivity index (χ0n) is 11.9. The molecule has 0 aliphatic carbocycles. The molecule has 1 heterocycles. The average Bonchev–Trinajstić information content (AvgIpc) is 2.61. The highest BCUT2D eigenvalue weighted by atomic mass is 19.4. The van der Waals surface area contributed by atoms with Crippen molar-refractivity contribution < 1.29 is 57.8 Å². The van der Waals surface area contributed by atoms with Crippen LogP contribution in [-0.2, 0) is 9.47 Å². The summed E-state index contributed by atoms with van der Waals surface area (Å²) in [4.78, 5) is 0. The second-order valence-corrected chi connectivity index (χ2v) is 3.86. The maximum atomic E-state index is 13.3. The molecular formula is C14H29F11O2. The van der Waals surface area contributed by atoms with E-state index in [4.69, 9.17) is 0 Å². The number of halogens is 11. The summed E-state index contributed by atoms with van der Waals surface area (Å²) in [6.07, 6.45) is -12.7. The van der Waals surface area contributed by atoms with Gasteiger partial charge in [0.2, 0.25) is 0 Å². The first kappa shape index (κ1) is 40.7. The molecule has 1 fully saturated rings. The summed E-state index contributed by atoms with van der Waals surface area (Å²) in [5, 5.41) is 0. The topological polar surface area (TPSA) is 18.5 Å². The fourth-order valence-electron chi connectivity index (χ4n) is 1.22. The van der Waals surface area contributed by atoms with Crippen LogP contribution in [0.3, 0.4) is 0 Å².